The summed E-state index contributed by atoms with van der Waals surface area (Å²) in [5.41, 5.74) is 3.11. The van der Waals surface area contributed by atoms with Gasteiger partial charge in [0.05, 0.1) is 7.11 Å². The van der Waals surface area contributed by atoms with Gasteiger partial charge in [0.15, 0.2) is 5.96 Å². The van der Waals surface area contributed by atoms with Gasteiger partial charge in [0, 0.05) is 18.8 Å². The first-order chi connectivity index (χ1) is 13.1. The molecule has 0 aliphatic rings. The molecule has 0 fully saturated rings. The second kappa shape index (κ2) is 10.9. The molecule has 0 bridgehead atoms. The van der Waals surface area contributed by atoms with Crippen LogP contribution < -0.4 is 20.7 Å². The van der Waals surface area contributed by atoms with Crippen LogP contribution in [0.15, 0.2) is 53.5 Å². The van der Waals surface area contributed by atoms with Gasteiger partial charge in [-0.2, -0.15) is 0 Å². The van der Waals surface area contributed by atoms with Crippen molar-refractivity contribution in [2.24, 2.45) is 4.99 Å². The third kappa shape index (κ3) is 7.01. The Hall–Kier alpha value is -3.02. The Bertz CT molecular complexity index is 760. The molecule has 0 radical (unpaired) electrons. The van der Waals surface area contributed by atoms with E-state index in [0.717, 1.165) is 30.0 Å². The van der Waals surface area contributed by atoms with Gasteiger partial charge >= 0.3 is 0 Å². The van der Waals surface area contributed by atoms with E-state index in [1.807, 2.05) is 49.4 Å². The maximum Gasteiger partial charge on any atom is 0.246 e. The van der Waals surface area contributed by atoms with Crippen molar-refractivity contribution in [3.8, 4) is 5.75 Å². The molecule has 2 rings (SSSR count). The number of nitrogens with zero attached hydrogens (tertiary/aromatic N) is 1. The van der Waals surface area contributed by atoms with Crippen LogP contribution in [0.5, 0.6) is 5.75 Å². The fourth-order valence-corrected chi connectivity index (χ4v) is 2.63. The Labute approximate surface area is 161 Å². The maximum atomic E-state index is 12.0. The van der Waals surface area contributed by atoms with Crippen molar-refractivity contribution < 1.29 is 9.53 Å². The average molecular weight is 368 g/mol. The van der Waals surface area contributed by atoms with Gasteiger partial charge in [-0.25, -0.2) is 4.99 Å². The topological polar surface area (TPSA) is 74.8 Å². The zero-order chi connectivity index (χ0) is 19.5. The number of guanidine groups is 1. The van der Waals surface area contributed by atoms with Crippen LogP contribution in [-0.4, -0.2) is 38.6 Å². The summed E-state index contributed by atoms with van der Waals surface area (Å²) in [4.78, 5) is 16.4. The number of carbonyl (C=O) groups excluding carboxylic acids is 1. The van der Waals surface area contributed by atoms with E-state index in [0.29, 0.717) is 12.5 Å². The molecule has 2 aromatic carbocycles. The van der Waals surface area contributed by atoms with Crippen LogP contribution in [0.3, 0.4) is 0 Å². The number of anilines is 1. The number of amides is 1. The van der Waals surface area contributed by atoms with Crippen LogP contribution in [0.4, 0.5) is 5.69 Å². The van der Waals surface area contributed by atoms with Gasteiger partial charge in [-0.3, -0.25) is 4.79 Å². The van der Waals surface area contributed by atoms with Crippen LogP contribution in [0.1, 0.15) is 18.1 Å². The number of hydrogen-bond donors (Lipinski definition) is 3. The lowest BCUT2D eigenvalue weighted by Crippen LogP contribution is -2.39. The van der Waals surface area contributed by atoms with Crippen molar-refractivity contribution >= 4 is 17.6 Å². The first-order valence-electron chi connectivity index (χ1n) is 9.13. The number of benzene rings is 2. The number of rotatable bonds is 8. The molecule has 0 saturated heterocycles. The highest BCUT2D eigenvalue weighted by Gasteiger charge is 2.05. The van der Waals surface area contributed by atoms with Crippen molar-refractivity contribution in [1.82, 2.24) is 10.6 Å². The van der Waals surface area contributed by atoms with Crippen molar-refractivity contribution in [3.63, 3.8) is 0 Å². The molecule has 0 aliphatic heterocycles. The predicted octanol–water partition coefficient (Wildman–Crippen LogP) is 2.74. The second-order valence-electron chi connectivity index (χ2n) is 6.10. The highest BCUT2D eigenvalue weighted by molar-refractivity contribution is 5.94. The summed E-state index contributed by atoms with van der Waals surface area (Å²) in [6.07, 6.45) is 0.797. The van der Waals surface area contributed by atoms with Gasteiger partial charge in [0.25, 0.3) is 0 Å². The van der Waals surface area contributed by atoms with Gasteiger partial charge in [-0.05, 0) is 44.0 Å². The molecule has 2 aromatic rings. The summed E-state index contributed by atoms with van der Waals surface area (Å²) in [7, 11) is 1.68. The Kier molecular flexibility index (Phi) is 8.16. The Morgan fingerprint density at radius 1 is 1.11 bits per heavy atom. The lowest BCUT2D eigenvalue weighted by atomic mass is 10.1. The molecule has 1 amide bonds. The molecule has 0 saturated carbocycles. The molecular weight excluding hydrogens is 340 g/mol. The minimum absolute atomic E-state index is 0.0536. The minimum Gasteiger partial charge on any atom is -0.496 e. The van der Waals surface area contributed by atoms with E-state index in [1.54, 1.807) is 7.11 Å². The first-order valence-corrected chi connectivity index (χ1v) is 9.13. The lowest BCUT2D eigenvalue weighted by Gasteiger charge is -2.13. The van der Waals surface area contributed by atoms with Crippen LogP contribution in [0.2, 0.25) is 0 Å². The number of hydrogen-bond acceptors (Lipinski definition) is 3. The Morgan fingerprint density at radius 2 is 1.89 bits per heavy atom. The Balaban J connectivity index is 1.88. The van der Waals surface area contributed by atoms with Gasteiger partial charge in [0.2, 0.25) is 5.91 Å². The van der Waals surface area contributed by atoms with E-state index in [2.05, 4.69) is 33.9 Å². The van der Waals surface area contributed by atoms with E-state index in [9.17, 15) is 4.79 Å². The molecule has 6 heteroatoms. The number of carbonyl (C=O) groups is 1. The van der Waals surface area contributed by atoms with Crippen molar-refractivity contribution in [3.05, 3.63) is 59.7 Å². The highest BCUT2D eigenvalue weighted by Crippen LogP contribution is 2.19. The molecular formula is C21H28N4O2. The summed E-state index contributed by atoms with van der Waals surface area (Å²) in [5, 5.41) is 9.24. The monoisotopic (exact) mass is 368 g/mol. The standard InChI is InChI=1S/C21H28N4O2/c1-4-22-21(24-15-20(26)25-18-8-6-5-7-9-18)23-13-12-17-14-16(2)10-11-19(17)27-3/h5-11,14H,4,12-13,15H2,1-3H3,(H,25,26)(H2,22,23,24). The molecule has 0 aliphatic carbocycles. The van der Waals surface area contributed by atoms with Crippen LogP contribution >= 0.6 is 0 Å². The third-order valence-electron chi connectivity index (χ3n) is 3.91. The smallest absolute Gasteiger partial charge is 0.246 e. The second-order valence-corrected chi connectivity index (χ2v) is 6.10. The molecule has 6 nitrogen and oxygen atoms in total. The SMILES string of the molecule is CCNC(=NCC(=O)Nc1ccccc1)NCCc1cc(C)ccc1OC. The number of aryl methyl sites for hydroxylation is 1. The number of para-hydroxylation sites is 1. The summed E-state index contributed by atoms with van der Waals surface area (Å²) >= 11 is 0. The molecule has 3 N–H and O–H groups in total. The van der Waals surface area contributed by atoms with Crippen molar-refractivity contribution in [1.29, 1.82) is 0 Å². The molecule has 0 aromatic heterocycles. The molecule has 0 spiro atoms. The quantitative estimate of drug-likeness (QED) is 0.495. The largest absolute Gasteiger partial charge is 0.496 e. The number of aliphatic imine (C=N–C) groups is 1. The maximum absolute atomic E-state index is 12.0. The van der Waals surface area contributed by atoms with Gasteiger partial charge in [-0.15, -0.1) is 0 Å². The van der Waals surface area contributed by atoms with Crippen molar-refractivity contribution in [2.45, 2.75) is 20.3 Å². The zero-order valence-corrected chi connectivity index (χ0v) is 16.2. The molecule has 0 atom stereocenters. The van der Waals surface area contributed by atoms with Gasteiger partial charge < -0.3 is 20.7 Å². The predicted molar refractivity (Wildman–Crippen MR) is 110 cm³/mol. The Morgan fingerprint density at radius 3 is 2.59 bits per heavy atom. The van der Waals surface area contributed by atoms with Gasteiger partial charge in [-0.1, -0.05) is 35.9 Å². The number of ether oxygens (including phenoxy) is 1. The van der Waals surface area contributed by atoms with Crippen molar-refractivity contribution in [2.75, 3.05) is 32.1 Å². The van der Waals surface area contributed by atoms with Crippen LogP contribution in [-0.2, 0) is 11.2 Å². The normalized spacial score (nSPS) is 11.0. The minimum atomic E-state index is -0.154. The zero-order valence-electron chi connectivity index (χ0n) is 16.2. The number of nitrogens with one attached hydrogen (secondary N) is 3. The lowest BCUT2D eigenvalue weighted by molar-refractivity contribution is -0.114. The van der Waals surface area contributed by atoms with E-state index in [-0.39, 0.29) is 12.5 Å². The van der Waals surface area contributed by atoms with E-state index in [4.69, 9.17) is 4.74 Å². The molecule has 27 heavy (non-hydrogen) atoms. The molecule has 144 valence electrons. The first kappa shape index (κ1) is 20.3. The fraction of sp³-hybridized carbons (Fsp3) is 0.333. The number of methoxy groups -OCH3 is 1. The summed E-state index contributed by atoms with van der Waals surface area (Å²) in [6.45, 7) is 5.52. The van der Waals surface area contributed by atoms with E-state index in [1.165, 1.54) is 5.56 Å². The van der Waals surface area contributed by atoms with Crippen LogP contribution in [0.25, 0.3) is 0 Å². The average Bonchev–Trinajstić information content (AvgIpc) is 2.67. The summed E-state index contributed by atoms with van der Waals surface area (Å²) < 4.78 is 5.41. The highest BCUT2D eigenvalue weighted by atomic mass is 16.5. The van der Waals surface area contributed by atoms with Gasteiger partial charge in [0.1, 0.15) is 12.3 Å². The molecule has 0 unspecified atom stereocenters. The molecule has 0 heterocycles. The van der Waals surface area contributed by atoms with E-state index >= 15 is 0 Å². The third-order valence-corrected chi connectivity index (χ3v) is 3.91. The summed E-state index contributed by atoms with van der Waals surface area (Å²) in [6, 6.07) is 15.5. The fourth-order valence-electron chi connectivity index (χ4n) is 2.63. The van der Waals surface area contributed by atoms with Crippen LogP contribution in [0, 0.1) is 6.92 Å². The van der Waals surface area contributed by atoms with E-state index < -0.39 is 0 Å². The summed E-state index contributed by atoms with van der Waals surface area (Å²) in [5.74, 6) is 1.35.